The molecule has 0 rings (SSSR count). The molecule has 0 aliphatic rings. The summed E-state index contributed by atoms with van der Waals surface area (Å²) in [4.78, 5) is 8.33. The molecule has 74 valence electrons. The Morgan fingerprint density at radius 2 is 1.77 bits per heavy atom. The predicted octanol–water partition coefficient (Wildman–Crippen LogP) is -2.11. The summed E-state index contributed by atoms with van der Waals surface area (Å²) in [5, 5.41) is 28.4. The third-order valence-electron chi connectivity index (χ3n) is 1.14. The molecule has 13 heavy (non-hydrogen) atoms. The molecule has 0 fully saturated rings. The molecule has 2 unspecified atom stereocenters. The molecule has 2 atom stereocenters. The van der Waals surface area contributed by atoms with Crippen molar-refractivity contribution in [1.29, 1.82) is 0 Å². The SMILES string of the molecule is CCC(C)NC(C)O.O=C([O-])[O-].[Ca+2]. The minimum absolute atomic E-state index is 0. The van der Waals surface area contributed by atoms with Crippen molar-refractivity contribution in [2.75, 3.05) is 0 Å². The molecule has 0 aromatic rings. The van der Waals surface area contributed by atoms with Crippen LogP contribution in [0.3, 0.4) is 0 Å². The van der Waals surface area contributed by atoms with E-state index in [1.54, 1.807) is 6.92 Å². The number of nitrogens with one attached hydrogen (secondary N) is 1. The fraction of sp³-hybridized carbons (Fsp3) is 0.857. The summed E-state index contributed by atoms with van der Waals surface area (Å²) in [6.45, 7) is 5.86. The van der Waals surface area contributed by atoms with Gasteiger partial charge in [0.2, 0.25) is 0 Å². The van der Waals surface area contributed by atoms with Crippen molar-refractivity contribution in [3.05, 3.63) is 0 Å². The standard InChI is InChI=1S/C6H15NO.CH2O3.Ca/c1-4-5(2)7-6(3)8;2-1(3)4;/h5-8H,4H2,1-3H3;(H2,2,3,4);/q;;+2/p-2. The van der Waals surface area contributed by atoms with Crippen LogP contribution < -0.4 is 15.5 Å². The zero-order valence-electron chi connectivity index (χ0n) is 8.24. The molecule has 0 saturated carbocycles. The Balaban J connectivity index is -0.000000173. The Morgan fingerprint density at radius 1 is 1.46 bits per heavy atom. The number of aliphatic hydroxyl groups is 1. The Morgan fingerprint density at radius 3 is 1.85 bits per heavy atom. The number of carbonyl (C=O) groups is 1. The van der Waals surface area contributed by atoms with Crippen LogP contribution >= 0.6 is 0 Å². The quantitative estimate of drug-likeness (QED) is 0.416. The Hall–Kier alpha value is 0.450. The third-order valence-corrected chi connectivity index (χ3v) is 1.14. The van der Waals surface area contributed by atoms with E-state index in [0.29, 0.717) is 6.04 Å². The Bertz CT molecular complexity index is 117. The summed E-state index contributed by atoms with van der Waals surface area (Å²) >= 11 is 0. The molecule has 0 radical (unpaired) electrons. The van der Waals surface area contributed by atoms with Gasteiger partial charge in [-0.05, 0) is 26.4 Å². The first-order chi connectivity index (χ1) is 5.40. The maximum absolute atomic E-state index is 8.74. The van der Waals surface area contributed by atoms with Crippen molar-refractivity contribution in [2.45, 2.75) is 39.5 Å². The minimum atomic E-state index is -2.33. The van der Waals surface area contributed by atoms with Crippen molar-refractivity contribution in [1.82, 2.24) is 5.32 Å². The van der Waals surface area contributed by atoms with E-state index in [4.69, 9.17) is 20.1 Å². The van der Waals surface area contributed by atoms with Crippen LogP contribution in [0.2, 0.25) is 0 Å². The van der Waals surface area contributed by atoms with Crippen LogP contribution in [-0.2, 0) is 0 Å². The van der Waals surface area contributed by atoms with Gasteiger partial charge in [0.1, 0.15) is 6.23 Å². The molecule has 0 aliphatic heterocycles. The van der Waals surface area contributed by atoms with E-state index in [2.05, 4.69) is 12.2 Å². The van der Waals surface area contributed by atoms with Crippen LogP contribution in [0, 0.1) is 0 Å². The molecule has 2 N–H and O–H groups in total. The van der Waals surface area contributed by atoms with Gasteiger partial charge < -0.3 is 20.1 Å². The maximum Gasteiger partial charge on any atom is 2.00 e. The number of carbonyl (C=O) groups excluding carboxylic acids is 1. The van der Waals surface area contributed by atoms with Crippen LogP contribution in [0.15, 0.2) is 0 Å². The third kappa shape index (κ3) is 32.7. The first kappa shape index (κ1) is 19.1. The molecule has 0 aromatic heterocycles. The average molecular weight is 217 g/mol. The van der Waals surface area contributed by atoms with E-state index in [9.17, 15) is 0 Å². The maximum atomic E-state index is 8.74. The molecule has 0 amide bonds. The summed E-state index contributed by atoms with van der Waals surface area (Å²) in [6.07, 6.45) is -1.64. The fourth-order valence-corrected chi connectivity index (χ4v) is 0.530. The number of aliphatic hydroxyl groups excluding tert-OH is 1. The van der Waals surface area contributed by atoms with Crippen LogP contribution in [0.1, 0.15) is 27.2 Å². The molecule has 0 heterocycles. The molecule has 5 nitrogen and oxygen atoms in total. The smallest absolute Gasteiger partial charge is 0.652 e. The van der Waals surface area contributed by atoms with E-state index >= 15 is 0 Å². The Labute approximate surface area is 108 Å². The van der Waals surface area contributed by atoms with E-state index in [1.165, 1.54) is 0 Å². The van der Waals surface area contributed by atoms with Gasteiger partial charge in [0.15, 0.2) is 0 Å². The van der Waals surface area contributed by atoms with E-state index < -0.39 is 6.16 Å². The molecular weight excluding hydrogens is 202 g/mol. The summed E-state index contributed by atoms with van der Waals surface area (Å²) in [5.41, 5.74) is 0. The van der Waals surface area contributed by atoms with Gasteiger partial charge in [0.25, 0.3) is 0 Å². The Kier molecular flexibility index (Phi) is 18.3. The zero-order valence-corrected chi connectivity index (χ0v) is 10.4. The monoisotopic (exact) mass is 217 g/mol. The van der Waals surface area contributed by atoms with E-state index in [-0.39, 0.29) is 44.0 Å². The normalized spacial score (nSPS) is 12.9. The minimum Gasteiger partial charge on any atom is -0.652 e. The molecule has 0 spiro atoms. The fourth-order valence-electron chi connectivity index (χ4n) is 0.530. The summed E-state index contributed by atoms with van der Waals surface area (Å²) < 4.78 is 0. The van der Waals surface area contributed by atoms with Gasteiger partial charge in [-0.15, -0.1) is 0 Å². The van der Waals surface area contributed by atoms with E-state index in [1.807, 2.05) is 6.92 Å². The van der Waals surface area contributed by atoms with Crippen LogP contribution in [0.5, 0.6) is 0 Å². The number of hydrogen-bond donors (Lipinski definition) is 2. The summed E-state index contributed by atoms with van der Waals surface area (Å²) in [6, 6.07) is 0.426. The number of rotatable bonds is 3. The van der Waals surface area contributed by atoms with Crippen molar-refractivity contribution < 1.29 is 20.1 Å². The first-order valence-corrected chi connectivity index (χ1v) is 3.72. The summed E-state index contributed by atoms with van der Waals surface area (Å²) in [7, 11) is 0. The van der Waals surface area contributed by atoms with Crippen molar-refractivity contribution in [3.8, 4) is 0 Å². The molecule has 6 heteroatoms. The molecule has 0 aromatic carbocycles. The number of carboxylic acid groups (broad SMARTS) is 2. The molecule has 0 aliphatic carbocycles. The van der Waals surface area contributed by atoms with Gasteiger partial charge in [0, 0.05) is 6.04 Å². The van der Waals surface area contributed by atoms with E-state index in [0.717, 1.165) is 6.42 Å². The van der Waals surface area contributed by atoms with Gasteiger partial charge in [0.05, 0.1) is 0 Å². The van der Waals surface area contributed by atoms with Gasteiger partial charge in [-0.2, -0.15) is 0 Å². The first-order valence-electron chi connectivity index (χ1n) is 3.72. The van der Waals surface area contributed by atoms with Gasteiger partial charge in [-0.1, -0.05) is 6.92 Å². The second-order valence-corrected chi connectivity index (χ2v) is 2.40. The van der Waals surface area contributed by atoms with Crippen LogP contribution in [0.25, 0.3) is 0 Å². The number of hydrogen-bond acceptors (Lipinski definition) is 5. The second-order valence-electron chi connectivity index (χ2n) is 2.40. The molecule has 0 saturated heterocycles. The zero-order chi connectivity index (χ0) is 10.1. The molecular formula is C7H15CaNO4. The van der Waals surface area contributed by atoms with Crippen molar-refractivity contribution in [3.63, 3.8) is 0 Å². The largest absolute Gasteiger partial charge is 2.00 e. The van der Waals surface area contributed by atoms with Gasteiger partial charge in [-0.3, -0.25) is 5.32 Å². The van der Waals surface area contributed by atoms with Crippen LogP contribution in [0.4, 0.5) is 4.79 Å². The van der Waals surface area contributed by atoms with Crippen LogP contribution in [-0.4, -0.2) is 61.3 Å². The van der Waals surface area contributed by atoms with Gasteiger partial charge in [-0.25, -0.2) is 0 Å². The molecule has 0 bridgehead atoms. The summed E-state index contributed by atoms with van der Waals surface area (Å²) in [5.74, 6) is 0. The van der Waals surface area contributed by atoms with Crippen molar-refractivity contribution >= 4 is 43.9 Å². The second kappa shape index (κ2) is 12.4. The predicted molar refractivity (Wildman–Crippen MR) is 45.7 cm³/mol. The van der Waals surface area contributed by atoms with Gasteiger partial charge >= 0.3 is 37.7 Å². The van der Waals surface area contributed by atoms with Crippen molar-refractivity contribution in [2.24, 2.45) is 0 Å². The average Bonchev–Trinajstić information content (AvgIpc) is 1.84. The topological polar surface area (TPSA) is 95.5 Å².